The van der Waals surface area contributed by atoms with Gasteiger partial charge in [0, 0.05) is 18.2 Å². The summed E-state index contributed by atoms with van der Waals surface area (Å²) in [7, 11) is 1.38. The van der Waals surface area contributed by atoms with Gasteiger partial charge in [0.15, 0.2) is 0 Å². The van der Waals surface area contributed by atoms with Crippen LogP contribution in [-0.4, -0.2) is 28.0 Å². The maximum absolute atomic E-state index is 11.2. The molecule has 0 atom stereocenters. The van der Waals surface area contributed by atoms with Crippen molar-refractivity contribution in [2.45, 2.75) is 44.9 Å². The van der Waals surface area contributed by atoms with Gasteiger partial charge in [0.2, 0.25) is 5.76 Å². The molecule has 1 saturated carbocycles. The molecule has 6 heteroatoms. The molecular formula is C20H24N2O4. The van der Waals surface area contributed by atoms with Crippen molar-refractivity contribution in [2.75, 3.05) is 7.11 Å². The number of aryl methyl sites for hydroxylation is 1. The first kappa shape index (κ1) is 18.0. The third-order valence-corrected chi connectivity index (χ3v) is 4.73. The predicted octanol–water partition coefficient (Wildman–Crippen LogP) is 4.18. The van der Waals surface area contributed by atoms with Crippen LogP contribution in [0.1, 0.15) is 49.3 Å². The van der Waals surface area contributed by atoms with Crippen molar-refractivity contribution in [3.8, 4) is 11.4 Å². The summed E-state index contributed by atoms with van der Waals surface area (Å²) in [6.07, 6.45) is 9.27. The van der Waals surface area contributed by atoms with Crippen molar-refractivity contribution < 1.29 is 19.4 Å². The predicted molar refractivity (Wildman–Crippen MR) is 97.5 cm³/mol. The quantitative estimate of drug-likeness (QED) is 0.621. The monoisotopic (exact) mass is 356 g/mol. The minimum absolute atomic E-state index is 0.267. The van der Waals surface area contributed by atoms with E-state index in [9.17, 15) is 9.90 Å². The number of carbonyl (C=O) groups is 1. The molecule has 0 unspecified atom stereocenters. The highest BCUT2D eigenvalue weighted by Crippen LogP contribution is 2.32. The molecule has 0 bridgehead atoms. The Morgan fingerprint density at radius 1 is 1.27 bits per heavy atom. The molecule has 6 nitrogen and oxygen atoms in total. The summed E-state index contributed by atoms with van der Waals surface area (Å²) >= 11 is 0. The van der Waals surface area contributed by atoms with Crippen molar-refractivity contribution in [1.29, 1.82) is 0 Å². The molecule has 3 rings (SSSR count). The average molecular weight is 356 g/mol. The van der Waals surface area contributed by atoms with Crippen molar-refractivity contribution in [2.24, 2.45) is 0 Å². The summed E-state index contributed by atoms with van der Waals surface area (Å²) in [6.45, 7) is 1.86. The lowest BCUT2D eigenvalue weighted by atomic mass is 9.87. The van der Waals surface area contributed by atoms with E-state index >= 15 is 0 Å². The number of ether oxygens (including phenoxy) is 2. The third-order valence-electron chi connectivity index (χ3n) is 4.73. The highest BCUT2D eigenvalue weighted by molar-refractivity contribution is 5.84. The van der Waals surface area contributed by atoms with Crippen LogP contribution in [0.3, 0.4) is 0 Å². The molecule has 0 radical (unpaired) electrons. The minimum Gasteiger partial charge on any atom is -0.500 e. The van der Waals surface area contributed by atoms with Gasteiger partial charge in [0.1, 0.15) is 12.0 Å². The summed E-state index contributed by atoms with van der Waals surface area (Å²) in [4.78, 5) is 11.2. The number of aliphatic carboxylic acids is 1. The van der Waals surface area contributed by atoms with Crippen LogP contribution in [0.5, 0.6) is 5.75 Å². The molecule has 1 N–H and O–H groups in total. The molecule has 138 valence electrons. The first-order valence-electron chi connectivity index (χ1n) is 8.89. The Kier molecular flexibility index (Phi) is 5.61. The number of methoxy groups -OCH3 is 1. The number of benzene rings is 1. The summed E-state index contributed by atoms with van der Waals surface area (Å²) in [6, 6.07) is 7.70. The first-order chi connectivity index (χ1) is 12.6. The van der Waals surface area contributed by atoms with Gasteiger partial charge in [-0.05, 0) is 37.5 Å². The van der Waals surface area contributed by atoms with Gasteiger partial charge >= 0.3 is 5.97 Å². The maximum atomic E-state index is 11.2. The van der Waals surface area contributed by atoms with Gasteiger partial charge in [-0.25, -0.2) is 9.48 Å². The van der Waals surface area contributed by atoms with Crippen molar-refractivity contribution in [3.05, 3.63) is 53.7 Å². The van der Waals surface area contributed by atoms with Gasteiger partial charge in [-0.3, -0.25) is 0 Å². The summed E-state index contributed by atoms with van der Waals surface area (Å²) in [5.41, 5.74) is 2.78. The zero-order valence-electron chi connectivity index (χ0n) is 15.1. The van der Waals surface area contributed by atoms with E-state index in [4.69, 9.17) is 14.6 Å². The van der Waals surface area contributed by atoms with Crippen LogP contribution in [0, 0.1) is 6.92 Å². The van der Waals surface area contributed by atoms with Crippen LogP contribution in [0.4, 0.5) is 0 Å². The Labute approximate surface area is 153 Å². The molecule has 1 aromatic heterocycles. The molecule has 1 heterocycles. The van der Waals surface area contributed by atoms with E-state index in [-0.39, 0.29) is 5.76 Å². The number of aromatic nitrogens is 2. The van der Waals surface area contributed by atoms with Gasteiger partial charge in [-0.15, -0.1) is 0 Å². The zero-order chi connectivity index (χ0) is 18.5. The molecule has 1 aliphatic carbocycles. The molecule has 1 aromatic carbocycles. The van der Waals surface area contributed by atoms with Gasteiger partial charge in [-0.2, -0.15) is 5.10 Å². The van der Waals surface area contributed by atoms with Crippen molar-refractivity contribution >= 4 is 5.97 Å². The number of hydrogen-bond acceptors (Lipinski definition) is 4. The number of carboxylic acid groups (broad SMARTS) is 1. The molecule has 0 aliphatic heterocycles. The standard InChI is InChI=1S/C20H24N2O4/c1-14-8-9-16(12-18(14)26-19(13-25-2)20(23)24)22-11-10-17(21-22)15-6-4-3-5-7-15/h8-13,15H,3-7H2,1-2H3,(H,23,24)/b19-13-. The summed E-state index contributed by atoms with van der Waals surface area (Å²) < 4.78 is 12.1. The van der Waals surface area contributed by atoms with Crippen LogP contribution < -0.4 is 4.74 Å². The van der Waals surface area contributed by atoms with E-state index in [1.54, 1.807) is 6.07 Å². The average Bonchev–Trinajstić information content (AvgIpc) is 3.14. The smallest absolute Gasteiger partial charge is 0.375 e. The fourth-order valence-electron chi connectivity index (χ4n) is 3.28. The molecule has 1 aliphatic rings. The summed E-state index contributed by atoms with van der Waals surface area (Å²) in [5, 5.41) is 13.9. The Bertz CT molecular complexity index is 804. The molecular weight excluding hydrogens is 332 g/mol. The minimum atomic E-state index is -1.18. The van der Waals surface area contributed by atoms with E-state index in [1.165, 1.54) is 39.2 Å². The SMILES string of the molecule is CO/C=C(\Oc1cc(-n2ccc(C3CCCCC3)n2)ccc1C)C(=O)O. The van der Waals surface area contributed by atoms with Crippen molar-refractivity contribution in [1.82, 2.24) is 9.78 Å². The number of rotatable bonds is 6. The van der Waals surface area contributed by atoms with E-state index in [2.05, 4.69) is 6.07 Å². The highest BCUT2D eigenvalue weighted by Gasteiger charge is 2.18. The molecule has 1 fully saturated rings. The molecule has 0 amide bonds. The normalized spacial score (nSPS) is 15.7. The zero-order valence-corrected chi connectivity index (χ0v) is 15.1. The lowest BCUT2D eigenvalue weighted by Gasteiger charge is -2.19. The Morgan fingerprint density at radius 3 is 2.73 bits per heavy atom. The molecule has 0 saturated heterocycles. The Morgan fingerprint density at radius 2 is 2.04 bits per heavy atom. The number of nitrogens with zero attached hydrogens (tertiary/aromatic N) is 2. The number of hydrogen-bond donors (Lipinski definition) is 1. The van der Waals surface area contributed by atoms with E-state index < -0.39 is 5.97 Å². The largest absolute Gasteiger partial charge is 0.500 e. The van der Waals surface area contributed by atoms with Crippen LogP contribution in [0.15, 0.2) is 42.5 Å². The Balaban J connectivity index is 1.84. The van der Waals surface area contributed by atoms with Crippen LogP contribution >= 0.6 is 0 Å². The fraction of sp³-hybridized carbons (Fsp3) is 0.400. The topological polar surface area (TPSA) is 73.6 Å². The lowest BCUT2D eigenvalue weighted by Crippen LogP contribution is -2.09. The maximum Gasteiger partial charge on any atom is 0.375 e. The van der Waals surface area contributed by atoms with E-state index in [1.807, 2.05) is 29.9 Å². The fourth-order valence-corrected chi connectivity index (χ4v) is 3.28. The van der Waals surface area contributed by atoms with E-state index in [0.29, 0.717) is 11.7 Å². The van der Waals surface area contributed by atoms with E-state index in [0.717, 1.165) is 23.2 Å². The number of carboxylic acids is 1. The lowest BCUT2D eigenvalue weighted by molar-refractivity contribution is -0.135. The van der Waals surface area contributed by atoms with Gasteiger partial charge in [0.05, 0.1) is 18.5 Å². The molecule has 26 heavy (non-hydrogen) atoms. The highest BCUT2D eigenvalue weighted by atomic mass is 16.5. The molecule has 2 aromatic rings. The summed E-state index contributed by atoms with van der Waals surface area (Å²) in [5.74, 6) is -0.455. The molecule has 0 spiro atoms. The second-order valence-corrected chi connectivity index (χ2v) is 6.59. The Hall–Kier alpha value is -2.76. The van der Waals surface area contributed by atoms with Gasteiger partial charge in [-0.1, -0.05) is 25.3 Å². The van der Waals surface area contributed by atoms with Crippen LogP contribution in [0.2, 0.25) is 0 Å². The first-order valence-corrected chi connectivity index (χ1v) is 8.89. The van der Waals surface area contributed by atoms with Crippen LogP contribution in [0.25, 0.3) is 5.69 Å². The van der Waals surface area contributed by atoms with Crippen molar-refractivity contribution in [3.63, 3.8) is 0 Å². The van der Waals surface area contributed by atoms with Crippen LogP contribution in [-0.2, 0) is 9.53 Å². The second-order valence-electron chi connectivity index (χ2n) is 6.59. The van der Waals surface area contributed by atoms with Gasteiger partial charge < -0.3 is 14.6 Å². The second kappa shape index (κ2) is 8.08. The third kappa shape index (κ3) is 4.07. The van der Waals surface area contributed by atoms with Gasteiger partial charge in [0.25, 0.3) is 0 Å².